The quantitative estimate of drug-likeness (QED) is 0.561. The Morgan fingerprint density at radius 1 is 0.967 bits per heavy atom. The van der Waals surface area contributed by atoms with Gasteiger partial charge in [-0.25, -0.2) is 4.79 Å². The summed E-state index contributed by atoms with van der Waals surface area (Å²) in [6, 6.07) is 21.1. The third-order valence-corrected chi connectivity index (χ3v) is 5.05. The fourth-order valence-corrected chi connectivity index (χ4v) is 3.63. The largest absolute Gasteiger partial charge is 0.467 e. The molecule has 30 heavy (non-hydrogen) atoms. The molecule has 1 fully saturated rings. The van der Waals surface area contributed by atoms with Crippen LogP contribution in [-0.2, 0) is 21.7 Å². The van der Waals surface area contributed by atoms with E-state index in [1.54, 1.807) is 36.4 Å². The van der Waals surface area contributed by atoms with Crippen molar-refractivity contribution in [2.45, 2.75) is 18.2 Å². The van der Waals surface area contributed by atoms with Crippen molar-refractivity contribution in [1.29, 1.82) is 0 Å². The zero-order chi connectivity index (χ0) is 21.0. The van der Waals surface area contributed by atoms with Crippen LogP contribution in [0, 0.1) is 0 Å². The van der Waals surface area contributed by atoms with Gasteiger partial charge in [0.2, 0.25) is 0 Å². The van der Waals surface area contributed by atoms with E-state index in [0.29, 0.717) is 16.9 Å². The zero-order valence-corrected chi connectivity index (χ0v) is 16.2. The molecule has 1 aromatic heterocycles. The summed E-state index contributed by atoms with van der Waals surface area (Å²) in [6.45, 7) is -0.0200. The number of rotatable bonds is 8. The van der Waals surface area contributed by atoms with E-state index in [2.05, 4.69) is 5.32 Å². The van der Waals surface area contributed by atoms with Gasteiger partial charge < -0.3 is 19.6 Å². The van der Waals surface area contributed by atoms with Gasteiger partial charge in [0.05, 0.1) is 25.5 Å². The molecule has 0 radical (unpaired) electrons. The second-order valence-corrected chi connectivity index (χ2v) is 7.08. The lowest BCUT2D eigenvalue weighted by Gasteiger charge is -2.28. The molecule has 7 nitrogen and oxygen atoms in total. The molecular weight excluding hydrogens is 384 g/mol. The first-order chi connectivity index (χ1) is 14.6. The van der Waals surface area contributed by atoms with Crippen LogP contribution in [0.3, 0.4) is 0 Å². The monoisotopic (exact) mass is 406 g/mol. The number of nitrogens with zero attached hydrogens (tertiary/aromatic N) is 1. The first-order valence-corrected chi connectivity index (χ1v) is 9.64. The number of amides is 3. The molecule has 0 unspecified atom stereocenters. The molecule has 1 saturated heterocycles. The van der Waals surface area contributed by atoms with Gasteiger partial charge >= 0.3 is 6.03 Å². The number of nitrogens with one attached hydrogen (secondary N) is 1. The van der Waals surface area contributed by atoms with Gasteiger partial charge in [-0.05, 0) is 23.3 Å². The van der Waals surface area contributed by atoms with Gasteiger partial charge in [-0.3, -0.25) is 9.69 Å². The number of imide groups is 1. The number of hydrogen-bond acceptors (Lipinski definition) is 5. The van der Waals surface area contributed by atoms with Crippen LogP contribution in [0.15, 0.2) is 83.5 Å². The third-order valence-electron chi connectivity index (χ3n) is 5.05. The van der Waals surface area contributed by atoms with Crippen LogP contribution in [-0.4, -0.2) is 41.2 Å². The summed E-state index contributed by atoms with van der Waals surface area (Å²) < 4.78 is 10.6. The SMILES string of the molecule is O=C1NC(c2ccccc2)(c2ccccc2)C(=O)N1C[C@H](O)COCc1ccco1. The molecule has 0 saturated carbocycles. The summed E-state index contributed by atoms with van der Waals surface area (Å²) >= 11 is 0. The Morgan fingerprint density at radius 2 is 1.60 bits per heavy atom. The molecule has 0 bridgehead atoms. The second-order valence-electron chi connectivity index (χ2n) is 7.08. The third kappa shape index (κ3) is 3.72. The molecule has 3 amide bonds. The normalized spacial score (nSPS) is 16.5. The number of benzene rings is 2. The summed E-state index contributed by atoms with van der Waals surface area (Å²) in [5, 5.41) is 13.2. The van der Waals surface area contributed by atoms with Crippen LogP contribution in [0.1, 0.15) is 16.9 Å². The number of aliphatic hydroxyl groups excluding tert-OH is 1. The highest BCUT2D eigenvalue weighted by molar-refractivity contribution is 6.09. The summed E-state index contributed by atoms with van der Waals surface area (Å²) in [5.74, 6) is 0.194. The van der Waals surface area contributed by atoms with E-state index in [1.807, 2.05) is 36.4 Å². The molecule has 2 heterocycles. The van der Waals surface area contributed by atoms with E-state index in [9.17, 15) is 14.7 Å². The van der Waals surface area contributed by atoms with Crippen molar-refractivity contribution >= 4 is 11.9 Å². The number of ether oxygens (including phenoxy) is 1. The number of carbonyl (C=O) groups is 2. The lowest BCUT2D eigenvalue weighted by molar-refractivity contribution is -0.131. The van der Waals surface area contributed by atoms with E-state index in [0.717, 1.165) is 4.90 Å². The molecular formula is C23H22N2O5. The van der Waals surface area contributed by atoms with E-state index in [-0.39, 0.29) is 19.8 Å². The van der Waals surface area contributed by atoms with Crippen LogP contribution in [0.4, 0.5) is 4.79 Å². The fraction of sp³-hybridized carbons (Fsp3) is 0.217. The first kappa shape index (κ1) is 19.9. The van der Waals surface area contributed by atoms with Crippen molar-refractivity contribution < 1.29 is 23.8 Å². The maximum absolute atomic E-state index is 13.5. The number of furan rings is 1. The van der Waals surface area contributed by atoms with Crippen LogP contribution < -0.4 is 5.32 Å². The maximum atomic E-state index is 13.5. The number of carbonyl (C=O) groups excluding carboxylic acids is 2. The van der Waals surface area contributed by atoms with E-state index in [1.165, 1.54) is 6.26 Å². The van der Waals surface area contributed by atoms with Gasteiger partial charge in [-0.2, -0.15) is 0 Å². The second kappa shape index (κ2) is 8.52. The number of β-amino-alcohol motifs (C(OH)–C–C–N with tert-alkyl or cyclic N) is 1. The number of aliphatic hydroxyl groups is 1. The summed E-state index contributed by atoms with van der Waals surface area (Å²) in [6.07, 6.45) is 0.506. The van der Waals surface area contributed by atoms with E-state index >= 15 is 0 Å². The highest BCUT2D eigenvalue weighted by Crippen LogP contribution is 2.36. The summed E-state index contributed by atoms with van der Waals surface area (Å²) in [7, 11) is 0. The summed E-state index contributed by atoms with van der Waals surface area (Å²) in [4.78, 5) is 27.3. The Kier molecular flexibility index (Phi) is 5.65. The van der Waals surface area contributed by atoms with Crippen LogP contribution in [0.5, 0.6) is 0 Å². The van der Waals surface area contributed by atoms with Crippen molar-refractivity contribution in [3.8, 4) is 0 Å². The van der Waals surface area contributed by atoms with Gasteiger partial charge in [-0.1, -0.05) is 60.7 Å². The minimum absolute atomic E-state index is 0.0402. The lowest BCUT2D eigenvalue weighted by Crippen LogP contribution is -2.45. The Hall–Kier alpha value is -3.42. The van der Waals surface area contributed by atoms with E-state index in [4.69, 9.17) is 9.15 Å². The van der Waals surface area contributed by atoms with Gasteiger partial charge in [0, 0.05) is 0 Å². The zero-order valence-electron chi connectivity index (χ0n) is 16.2. The molecule has 0 aliphatic carbocycles. The average molecular weight is 406 g/mol. The molecule has 4 rings (SSSR count). The summed E-state index contributed by atoms with van der Waals surface area (Å²) in [5.41, 5.74) is -0.0323. The maximum Gasteiger partial charge on any atom is 0.325 e. The van der Waals surface area contributed by atoms with Crippen LogP contribution in [0.2, 0.25) is 0 Å². The molecule has 7 heteroatoms. The smallest absolute Gasteiger partial charge is 0.325 e. The predicted molar refractivity (Wildman–Crippen MR) is 108 cm³/mol. The average Bonchev–Trinajstić information content (AvgIpc) is 3.38. The minimum Gasteiger partial charge on any atom is -0.467 e. The van der Waals surface area contributed by atoms with Crippen LogP contribution >= 0.6 is 0 Å². The van der Waals surface area contributed by atoms with Crippen molar-refractivity contribution in [2.75, 3.05) is 13.2 Å². The first-order valence-electron chi connectivity index (χ1n) is 9.64. The highest BCUT2D eigenvalue weighted by atomic mass is 16.5. The van der Waals surface area contributed by atoms with Gasteiger partial charge in [-0.15, -0.1) is 0 Å². The Morgan fingerprint density at radius 3 is 2.17 bits per heavy atom. The Balaban J connectivity index is 1.53. The Labute approximate surface area is 173 Å². The molecule has 1 aliphatic heterocycles. The van der Waals surface area contributed by atoms with Gasteiger partial charge in [0.15, 0.2) is 5.54 Å². The lowest BCUT2D eigenvalue weighted by atomic mass is 9.82. The molecule has 154 valence electrons. The molecule has 0 spiro atoms. The van der Waals surface area contributed by atoms with Crippen molar-refractivity contribution in [3.05, 3.63) is 95.9 Å². The highest BCUT2D eigenvalue weighted by Gasteiger charge is 2.53. The fourth-order valence-electron chi connectivity index (χ4n) is 3.63. The van der Waals surface area contributed by atoms with E-state index < -0.39 is 23.6 Å². The minimum atomic E-state index is -1.34. The van der Waals surface area contributed by atoms with Crippen molar-refractivity contribution in [3.63, 3.8) is 0 Å². The number of urea groups is 1. The predicted octanol–water partition coefficient (Wildman–Crippen LogP) is 2.65. The molecule has 2 aromatic carbocycles. The van der Waals surface area contributed by atoms with Gasteiger partial charge in [0.1, 0.15) is 12.4 Å². The topological polar surface area (TPSA) is 92.0 Å². The van der Waals surface area contributed by atoms with Crippen molar-refractivity contribution in [1.82, 2.24) is 10.2 Å². The van der Waals surface area contributed by atoms with Crippen LogP contribution in [0.25, 0.3) is 0 Å². The Bertz CT molecular complexity index is 949. The molecule has 1 aliphatic rings. The van der Waals surface area contributed by atoms with Crippen molar-refractivity contribution in [2.24, 2.45) is 0 Å². The standard InChI is InChI=1S/C23H22N2O5/c26-19(15-29-16-20-12-7-13-30-20)14-25-21(27)23(24-22(25)28,17-8-3-1-4-9-17)18-10-5-2-6-11-18/h1-13,19,26H,14-16H2,(H,24,28)/t19-/m0/s1. The van der Waals surface area contributed by atoms with Gasteiger partial charge in [0.25, 0.3) is 5.91 Å². The molecule has 2 N–H and O–H groups in total. The number of hydrogen-bond donors (Lipinski definition) is 2. The molecule has 3 aromatic rings. The molecule has 1 atom stereocenters.